The van der Waals surface area contributed by atoms with E-state index in [9.17, 15) is 18.4 Å². The number of piperidine rings is 1. The van der Waals surface area contributed by atoms with Gasteiger partial charge in [0.05, 0.1) is 11.4 Å². The molecule has 2 amide bonds. The highest BCUT2D eigenvalue weighted by Crippen LogP contribution is 2.34. The maximum Gasteiger partial charge on any atom is 0.410 e. The summed E-state index contributed by atoms with van der Waals surface area (Å²) in [6.07, 6.45) is 2.33. The Morgan fingerprint density at radius 2 is 1.83 bits per heavy atom. The van der Waals surface area contributed by atoms with Crippen LogP contribution in [0, 0.1) is 17.5 Å². The van der Waals surface area contributed by atoms with Crippen LogP contribution in [0.1, 0.15) is 55.6 Å². The van der Waals surface area contributed by atoms with Gasteiger partial charge in [-0.15, -0.1) is 0 Å². The molecule has 0 saturated carbocycles. The fourth-order valence-corrected chi connectivity index (χ4v) is 4.92. The summed E-state index contributed by atoms with van der Waals surface area (Å²) in [6.45, 7) is 6.00. The normalized spacial score (nSPS) is 15.6. The summed E-state index contributed by atoms with van der Waals surface area (Å²) < 4.78 is 50.3. The maximum atomic E-state index is 15.2. The Labute approximate surface area is 239 Å². The third kappa shape index (κ3) is 5.85. The van der Waals surface area contributed by atoms with E-state index in [0.717, 1.165) is 24.6 Å². The van der Waals surface area contributed by atoms with E-state index >= 15 is 4.39 Å². The molecule has 1 aliphatic rings. The van der Waals surface area contributed by atoms with Gasteiger partial charge in [0.15, 0.2) is 5.65 Å². The minimum absolute atomic E-state index is 0.0945. The third-order valence-electron chi connectivity index (χ3n) is 6.87. The number of aromatic nitrogens is 4. The molecule has 1 saturated heterocycles. The first kappa shape index (κ1) is 28.8. The van der Waals surface area contributed by atoms with Crippen LogP contribution in [0.4, 0.5) is 23.8 Å². The summed E-state index contributed by atoms with van der Waals surface area (Å²) >= 11 is 0. The average Bonchev–Trinajstić information content (AvgIpc) is 3.32. The number of ether oxygens (including phenoxy) is 1. The Morgan fingerprint density at radius 3 is 2.52 bits per heavy atom. The van der Waals surface area contributed by atoms with Crippen molar-refractivity contribution in [1.29, 1.82) is 0 Å². The number of nitrogen functional groups attached to an aromatic ring is 1. The number of likely N-dealkylation sites (tertiary alicyclic amines) is 1. The first-order valence-electron chi connectivity index (χ1n) is 13.4. The molecule has 3 heterocycles. The maximum absolute atomic E-state index is 15.2. The van der Waals surface area contributed by atoms with Crippen molar-refractivity contribution in [2.45, 2.75) is 51.8 Å². The number of hydrogen-bond donors (Lipinski definition) is 2. The molecule has 1 aliphatic heterocycles. The molecule has 0 spiro atoms. The first-order valence-corrected chi connectivity index (χ1v) is 13.4. The van der Waals surface area contributed by atoms with E-state index in [1.165, 1.54) is 18.5 Å². The van der Waals surface area contributed by atoms with E-state index in [1.807, 2.05) is 0 Å². The van der Waals surface area contributed by atoms with E-state index in [-0.39, 0.29) is 24.0 Å². The van der Waals surface area contributed by atoms with Gasteiger partial charge in [-0.2, -0.15) is 5.10 Å². The van der Waals surface area contributed by atoms with E-state index in [0.29, 0.717) is 41.8 Å². The van der Waals surface area contributed by atoms with Crippen molar-refractivity contribution >= 4 is 28.9 Å². The lowest BCUT2D eigenvalue weighted by atomic mass is 10.1. The second-order valence-corrected chi connectivity index (χ2v) is 11.1. The molecule has 4 aromatic rings. The van der Waals surface area contributed by atoms with E-state index in [1.54, 1.807) is 36.4 Å². The van der Waals surface area contributed by atoms with E-state index < -0.39 is 40.6 Å². The number of fused-ring (bicyclic) bond motifs is 1. The van der Waals surface area contributed by atoms with Gasteiger partial charge in [-0.25, -0.2) is 32.6 Å². The molecule has 0 unspecified atom stereocenters. The number of anilines is 1. The number of nitrogens with one attached hydrogen (secondary N) is 1. The summed E-state index contributed by atoms with van der Waals surface area (Å²) in [6, 6.07) is 7.11. The van der Waals surface area contributed by atoms with Crippen molar-refractivity contribution in [3.8, 4) is 11.3 Å². The molecule has 2 aromatic carbocycles. The van der Waals surface area contributed by atoms with Gasteiger partial charge in [0.25, 0.3) is 5.91 Å². The van der Waals surface area contributed by atoms with Gasteiger partial charge < -0.3 is 20.7 Å². The minimum atomic E-state index is -1.02. The summed E-state index contributed by atoms with van der Waals surface area (Å²) in [5.74, 6) is -3.55. The Morgan fingerprint density at radius 1 is 1.10 bits per heavy atom. The molecule has 10 nitrogen and oxygen atoms in total. The van der Waals surface area contributed by atoms with Crippen LogP contribution in [0.25, 0.3) is 22.3 Å². The predicted molar refractivity (Wildman–Crippen MR) is 149 cm³/mol. The highest BCUT2D eigenvalue weighted by molar-refractivity contribution is 5.98. The average molecular weight is 582 g/mol. The highest BCUT2D eigenvalue weighted by atomic mass is 19.1. The fraction of sp³-hybridized carbons (Fsp3) is 0.345. The smallest absolute Gasteiger partial charge is 0.410 e. The monoisotopic (exact) mass is 581 g/mol. The molecular weight excluding hydrogens is 551 g/mol. The summed E-state index contributed by atoms with van der Waals surface area (Å²) in [7, 11) is 0. The lowest BCUT2D eigenvalue weighted by molar-refractivity contribution is 0.0169. The minimum Gasteiger partial charge on any atom is -0.444 e. The Kier molecular flexibility index (Phi) is 7.76. The quantitative estimate of drug-likeness (QED) is 0.340. The number of nitrogens with zero attached hydrogens (tertiary/aromatic N) is 5. The van der Waals surface area contributed by atoms with Gasteiger partial charge >= 0.3 is 6.09 Å². The number of carbonyl (C=O) groups is 2. The molecule has 2 aromatic heterocycles. The molecule has 220 valence electrons. The van der Waals surface area contributed by atoms with Crippen LogP contribution in [0.5, 0.6) is 0 Å². The topological polar surface area (TPSA) is 128 Å². The molecule has 13 heteroatoms. The fourth-order valence-electron chi connectivity index (χ4n) is 4.92. The van der Waals surface area contributed by atoms with Gasteiger partial charge in [-0.3, -0.25) is 4.79 Å². The molecule has 1 fully saturated rings. The van der Waals surface area contributed by atoms with Crippen LogP contribution in [-0.4, -0.2) is 55.3 Å². The van der Waals surface area contributed by atoms with Gasteiger partial charge in [-0.05, 0) is 51.8 Å². The molecular formula is C29H30F3N7O3. The van der Waals surface area contributed by atoms with Crippen molar-refractivity contribution in [3.05, 3.63) is 71.3 Å². The largest absolute Gasteiger partial charge is 0.444 e. The van der Waals surface area contributed by atoms with Crippen molar-refractivity contribution < 1.29 is 27.5 Å². The van der Waals surface area contributed by atoms with Crippen LogP contribution < -0.4 is 11.1 Å². The molecule has 0 bridgehead atoms. The van der Waals surface area contributed by atoms with Gasteiger partial charge in [0.2, 0.25) is 0 Å². The van der Waals surface area contributed by atoms with Crippen molar-refractivity contribution in [2.24, 2.45) is 0 Å². The van der Waals surface area contributed by atoms with Crippen LogP contribution in [-0.2, 0) is 11.3 Å². The van der Waals surface area contributed by atoms with Crippen molar-refractivity contribution in [2.75, 3.05) is 18.8 Å². The second kappa shape index (κ2) is 11.3. The molecule has 42 heavy (non-hydrogen) atoms. The Bertz CT molecular complexity index is 1650. The summed E-state index contributed by atoms with van der Waals surface area (Å²) in [4.78, 5) is 35.2. The number of halogens is 3. The molecule has 1 atom stereocenters. The Balaban J connectivity index is 1.41. The summed E-state index contributed by atoms with van der Waals surface area (Å²) in [5.41, 5.74) is 6.11. The molecule has 0 aliphatic carbocycles. The number of carbonyl (C=O) groups excluding carboxylic acids is 2. The highest BCUT2D eigenvalue weighted by Gasteiger charge is 2.31. The van der Waals surface area contributed by atoms with Crippen LogP contribution in [0.2, 0.25) is 0 Å². The van der Waals surface area contributed by atoms with Gasteiger partial charge in [-0.1, -0.05) is 18.2 Å². The zero-order valence-electron chi connectivity index (χ0n) is 23.3. The second-order valence-electron chi connectivity index (χ2n) is 11.1. The number of rotatable bonds is 5. The summed E-state index contributed by atoms with van der Waals surface area (Å²) in [5, 5.41) is 7.53. The molecule has 0 radical (unpaired) electrons. The van der Waals surface area contributed by atoms with Gasteiger partial charge in [0.1, 0.15) is 46.5 Å². The molecule has 5 rings (SSSR count). The van der Waals surface area contributed by atoms with Crippen molar-refractivity contribution in [1.82, 2.24) is 30.0 Å². The predicted octanol–water partition coefficient (Wildman–Crippen LogP) is 4.99. The lowest BCUT2D eigenvalue weighted by Crippen LogP contribution is -2.43. The van der Waals surface area contributed by atoms with E-state index in [2.05, 4.69) is 15.3 Å². The zero-order valence-corrected chi connectivity index (χ0v) is 23.3. The van der Waals surface area contributed by atoms with Crippen LogP contribution >= 0.6 is 0 Å². The first-order chi connectivity index (χ1) is 19.9. The van der Waals surface area contributed by atoms with Gasteiger partial charge in [0, 0.05) is 30.8 Å². The van der Waals surface area contributed by atoms with Crippen LogP contribution in [0.15, 0.2) is 42.7 Å². The Hall–Kier alpha value is -4.68. The lowest BCUT2D eigenvalue weighted by Gasteiger charge is -2.34. The molecule has 3 N–H and O–H groups in total. The standard InChI is InChI=1S/C29H30F3N7O3/c1-29(2,3)42-28(41)38-11-5-6-18(14-38)39-26-23(25(33)35-15-36-26)24(37-39)16-9-10-17(21(32)12-16)13-34-27(40)22-19(30)7-4-8-20(22)31/h4,7-10,12,15,18H,5-6,11,13-14H2,1-3H3,(H,34,40)(H2,33,35,36)/t18-/m1/s1. The third-order valence-corrected chi connectivity index (χ3v) is 6.87. The number of hydrogen-bond acceptors (Lipinski definition) is 7. The zero-order chi connectivity index (χ0) is 30.2. The number of nitrogens with two attached hydrogens (primary N) is 1. The SMILES string of the molecule is CC(C)(C)OC(=O)N1CCC[C@@H](n2nc(-c3ccc(CNC(=O)c4c(F)cccc4F)c(F)c3)c3c(N)ncnc32)C1. The van der Waals surface area contributed by atoms with Crippen molar-refractivity contribution in [3.63, 3.8) is 0 Å². The van der Waals surface area contributed by atoms with Crippen LogP contribution in [0.3, 0.4) is 0 Å². The number of benzene rings is 2. The van der Waals surface area contributed by atoms with E-state index in [4.69, 9.17) is 15.6 Å². The number of amides is 2.